The van der Waals surface area contributed by atoms with Crippen molar-refractivity contribution in [2.75, 3.05) is 18.4 Å². The second kappa shape index (κ2) is 6.75. The summed E-state index contributed by atoms with van der Waals surface area (Å²) in [6, 6.07) is 3.50. The van der Waals surface area contributed by atoms with E-state index in [1.54, 1.807) is 12.1 Å². The van der Waals surface area contributed by atoms with Crippen LogP contribution in [0.5, 0.6) is 0 Å². The summed E-state index contributed by atoms with van der Waals surface area (Å²) in [6.07, 6.45) is 6.98. The second-order valence-corrected chi connectivity index (χ2v) is 7.81. The van der Waals surface area contributed by atoms with E-state index in [1.807, 2.05) is 6.92 Å². The van der Waals surface area contributed by atoms with Crippen molar-refractivity contribution in [2.24, 2.45) is 5.41 Å². The fourth-order valence-corrected chi connectivity index (χ4v) is 4.05. The predicted molar refractivity (Wildman–Crippen MR) is 84.8 cm³/mol. The Bertz CT molecular complexity index is 566. The molecule has 0 saturated heterocycles. The Morgan fingerprint density at radius 1 is 1.33 bits per heavy atom. The molecule has 0 aliphatic heterocycles. The lowest BCUT2D eigenvalue weighted by atomic mass is 9.89. The molecule has 0 aromatic carbocycles. The molecule has 5 nitrogen and oxygen atoms in total. The first kappa shape index (κ1) is 16.2. The highest BCUT2D eigenvalue weighted by atomic mass is 32.2. The molecule has 6 heteroatoms. The first-order valence-corrected chi connectivity index (χ1v) is 9.14. The van der Waals surface area contributed by atoms with Crippen LogP contribution in [0.15, 0.2) is 23.4 Å². The highest BCUT2D eigenvalue weighted by Crippen LogP contribution is 2.37. The number of nitrogens with zero attached hydrogens (tertiary/aromatic N) is 1. The third-order valence-electron chi connectivity index (χ3n) is 4.09. The van der Waals surface area contributed by atoms with Gasteiger partial charge in [-0.1, -0.05) is 26.7 Å². The van der Waals surface area contributed by atoms with Gasteiger partial charge in [-0.25, -0.2) is 18.1 Å². The van der Waals surface area contributed by atoms with Gasteiger partial charge < -0.3 is 5.32 Å². The lowest BCUT2D eigenvalue weighted by Gasteiger charge is -2.23. The maximum absolute atomic E-state index is 12.5. The molecule has 1 aliphatic rings. The van der Waals surface area contributed by atoms with Gasteiger partial charge in [0.25, 0.3) is 10.0 Å². The molecule has 1 saturated carbocycles. The summed E-state index contributed by atoms with van der Waals surface area (Å²) >= 11 is 0. The lowest BCUT2D eigenvalue weighted by molar-refractivity contribution is 0.336. The molecule has 0 amide bonds. The van der Waals surface area contributed by atoms with Crippen LogP contribution < -0.4 is 10.0 Å². The van der Waals surface area contributed by atoms with Crippen LogP contribution in [0.2, 0.25) is 0 Å². The fourth-order valence-electron chi connectivity index (χ4n) is 2.74. The molecule has 0 bridgehead atoms. The van der Waals surface area contributed by atoms with Crippen molar-refractivity contribution < 1.29 is 8.42 Å². The number of hydrogen-bond acceptors (Lipinski definition) is 4. The molecule has 1 fully saturated rings. The van der Waals surface area contributed by atoms with Crippen molar-refractivity contribution in [2.45, 2.75) is 51.0 Å². The SMILES string of the molecule is CCCNc1cccnc1S(=O)(=O)NCC1(C)CCCC1. The Hall–Kier alpha value is -1.14. The molecule has 0 spiro atoms. The Labute approximate surface area is 127 Å². The third kappa shape index (κ3) is 4.17. The second-order valence-electron chi connectivity index (χ2n) is 6.13. The summed E-state index contributed by atoms with van der Waals surface area (Å²) < 4.78 is 27.7. The number of hydrogen-bond donors (Lipinski definition) is 2. The van der Waals surface area contributed by atoms with Crippen LogP contribution in [0.3, 0.4) is 0 Å². The molecule has 2 rings (SSSR count). The molecule has 0 atom stereocenters. The van der Waals surface area contributed by atoms with Gasteiger partial charge in [-0.2, -0.15) is 0 Å². The van der Waals surface area contributed by atoms with Gasteiger partial charge in [-0.15, -0.1) is 0 Å². The van der Waals surface area contributed by atoms with E-state index in [4.69, 9.17) is 0 Å². The van der Waals surface area contributed by atoms with Gasteiger partial charge in [0.2, 0.25) is 0 Å². The van der Waals surface area contributed by atoms with Crippen molar-refractivity contribution in [3.63, 3.8) is 0 Å². The van der Waals surface area contributed by atoms with Gasteiger partial charge >= 0.3 is 0 Å². The normalized spacial score (nSPS) is 17.8. The predicted octanol–water partition coefficient (Wildman–Crippen LogP) is 2.76. The first-order chi connectivity index (χ1) is 9.97. The lowest BCUT2D eigenvalue weighted by Crippen LogP contribution is -2.34. The number of nitrogens with one attached hydrogen (secondary N) is 2. The standard InChI is InChI=1S/C15H25N3O2S/c1-3-10-16-13-7-6-11-17-14(13)21(19,20)18-12-15(2)8-4-5-9-15/h6-7,11,16,18H,3-5,8-10,12H2,1-2H3. The summed E-state index contributed by atoms with van der Waals surface area (Å²) in [5, 5.41) is 3.22. The van der Waals surface area contributed by atoms with Crippen LogP contribution in [0.4, 0.5) is 5.69 Å². The highest BCUT2D eigenvalue weighted by molar-refractivity contribution is 7.89. The molecular formula is C15H25N3O2S. The van der Waals surface area contributed by atoms with Gasteiger partial charge in [0.15, 0.2) is 5.03 Å². The largest absolute Gasteiger partial charge is 0.383 e. The minimum absolute atomic E-state index is 0.0822. The molecule has 118 valence electrons. The average molecular weight is 311 g/mol. The Balaban J connectivity index is 2.11. The number of anilines is 1. The van der Waals surface area contributed by atoms with E-state index in [-0.39, 0.29) is 10.4 Å². The van der Waals surface area contributed by atoms with E-state index in [1.165, 1.54) is 19.0 Å². The monoisotopic (exact) mass is 311 g/mol. The summed E-state index contributed by atoms with van der Waals surface area (Å²) in [5.41, 5.74) is 0.655. The van der Waals surface area contributed by atoms with Gasteiger partial charge in [0.1, 0.15) is 0 Å². The van der Waals surface area contributed by atoms with Crippen LogP contribution in [-0.2, 0) is 10.0 Å². The molecule has 2 N–H and O–H groups in total. The molecular weight excluding hydrogens is 286 g/mol. The van der Waals surface area contributed by atoms with Crippen molar-refractivity contribution >= 4 is 15.7 Å². The number of rotatable bonds is 7. The van der Waals surface area contributed by atoms with Crippen LogP contribution in [-0.4, -0.2) is 26.5 Å². The van der Waals surface area contributed by atoms with Crippen molar-refractivity contribution in [3.05, 3.63) is 18.3 Å². The van der Waals surface area contributed by atoms with Crippen LogP contribution >= 0.6 is 0 Å². The van der Waals surface area contributed by atoms with E-state index in [2.05, 4.69) is 21.9 Å². The minimum atomic E-state index is -3.57. The first-order valence-electron chi connectivity index (χ1n) is 7.65. The molecule has 21 heavy (non-hydrogen) atoms. The maximum Gasteiger partial charge on any atom is 0.260 e. The van der Waals surface area contributed by atoms with Gasteiger partial charge in [0.05, 0.1) is 5.69 Å². The molecule has 1 aromatic heterocycles. The van der Waals surface area contributed by atoms with Crippen molar-refractivity contribution in [1.82, 2.24) is 9.71 Å². The van der Waals surface area contributed by atoms with E-state index in [9.17, 15) is 8.42 Å². The van der Waals surface area contributed by atoms with E-state index >= 15 is 0 Å². The molecule has 0 unspecified atom stereocenters. The Morgan fingerprint density at radius 2 is 2.05 bits per heavy atom. The van der Waals surface area contributed by atoms with Gasteiger partial charge in [0, 0.05) is 19.3 Å². The zero-order chi connectivity index (χ0) is 15.3. The average Bonchev–Trinajstić information content (AvgIpc) is 2.91. The maximum atomic E-state index is 12.5. The topological polar surface area (TPSA) is 71.1 Å². The Kier molecular flexibility index (Phi) is 5.22. The van der Waals surface area contributed by atoms with E-state index in [0.717, 1.165) is 25.8 Å². The fraction of sp³-hybridized carbons (Fsp3) is 0.667. The number of aromatic nitrogens is 1. The molecule has 1 aromatic rings. The zero-order valence-electron chi connectivity index (χ0n) is 12.9. The van der Waals surface area contributed by atoms with Crippen molar-refractivity contribution in [1.29, 1.82) is 0 Å². The summed E-state index contributed by atoms with van der Waals surface area (Å²) in [6.45, 7) is 5.40. The smallest absolute Gasteiger partial charge is 0.260 e. The molecule has 1 aliphatic carbocycles. The van der Waals surface area contributed by atoms with Crippen molar-refractivity contribution in [3.8, 4) is 0 Å². The van der Waals surface area contributed by atoms with Gasteiger partial charge in [-0.3, -0.25) is 0 Å². The van der Waals surface area contributed by atoms with Crippen LogP contribution in [0.1, 0.15) is 46.0 Å². The highest BCUT2D eigenvalue weighted by Gasteiger charge is 2.31. The van der Waals surface area contributed by atoms with E-state index in [0.29, 0.717) is 12.2 Å². The molecule has 0 radical (unpaired) electrons. The van der Waals surface area contributed by atoms with Gasteiger partial charge in [-0.05, 0) is 36.8 Å². The summed E-state index contributed by atoms with van der Waals surface area (Å²) in [5.74, 6) is 0. The zero-order valence-corrected chi connectivity index (χ0v) is 13.7. The molecule has 1 heterocycles. The number of sulfonamides is 1. The number of pyridine rings is 1. The quantitative estimate of drug-likeness (QED) is 0.812. The van der Waals surface area contributed by atoms with Crippen LogP contribution in [0.25, 0.3) is 0 Å². The summed E-state index contributed by atoms with van der Waals surface area (Å²) in [4.78, 5) is 4.06. The Morgan fingerprint density at radius 3 is 2.71 bits per heavy atom. The van der Waals surface area contributed by atoms with Crippen LogP contribution in [0, 0.1) is 5.41 Å². The third-order valence-corrected chi connectivity index (χ3v) is 5.45. The summed E-state index contributed by atoms with van der Waals surface area (Å²) in [7, 11) is -3.57. The minimum Gasteiger partial charge on any atom is -0.383 e. The van der Waals surface area contributed by atoms with E-state index < -0.39 is 10.0 Å².